The third-order valence-electron chi connectivity index (χ3n) is 5.07. The number of rotatable bonds is 4. The highest BCUT2D eigenvalue weighted by atomic mass is 35.5. The number of nitrogens with zero attached hydrogens (tertiary/aromatic N) is 2. The molecule has 4 rings (SSSR count). The third kappa shape index (κ3) is 3.10. The van der Waals surface area contributed by atoms with Gasteiger partial charge in [-0.3, -0.25) is 0 Å². The Labute approximate surface area is 164 Å². The summed E-state index contributed by atoms with van der Waals surface area (Å²) in [6.45, 7) is 4.29. The summed E-state index contributed by atoms with van der Waals surface area (Å²) in [5.74, 6) is 2.59. The van der Waals surface area contributed by atoms with E-state index in [4.69, 9.17) is 30.9 Å². The van der Waals surface area contributed by atoms with E-state index < -0.39 is 0 Å². The smallest absolute Gasteiger partial charge is 0.190 e. The van der Waals surface area contributed by atoms with E-state index in [-0.39, 0.29) is 12.3 Å². The molecular weight excluding hydrogens is 364 g/mol. The van der Waals surface area contributed by atoms with Crippen molar-refractivity contribution in [2.24, 2.45) is 11.0 Å². The van der Waals surface area contributed by atoms with E-state index in [1.807, 2.05) is 36.4 Å². The molecule has 0 saturated heterocycles. The molecule has 2 heterocycles. The Morgan fingerprint density at radius 3 is 2.59 bits per heavy atom. The molecule has 0 unspecified atom stereocenters. The Bertz CT molecular complexity index is 897. The van der Waals surface area contributed by atoms with Crippen LogP contribution in [0.25, 0.3) is 0 Å². The van der Waals surface area contributed by atoms with Gasteiger partial charge in [-0.05, 0) is 36.4 Å². The standard InChI is InChI=1S/C21H23ClN2O3/c1-12(2)21-24-17(15-10-14(22)6-8-18(15)27-21)11-16(23-24)13-5-7-19(25-3)20(9-13)26-4/h5-10,12,17,21H,11H2,1-4H3/t17-,21+/m1/s1. The van der Waals surface area contributed by atoms with Crippen LogP contribution >= 0.6 is 11.6 Å². The molecule has 6 heteroatoms. The fraction of sp³-hybridized carbons (Fsp3) is 0.381. The monoisotopic (exact) mass is 386 g/mol. The lowest BCUT2D eigenvalue weighted by molar-refractivity contribution is -0.0461. The molecule has 0 fully saturated rings. The summed E-state index contributed by atoms with van der Waals surface area (Å²) in [5.41, 5.74) is 3.11. The van der Waals surface area contributed by atoms with E-state index in [9.17, 15) is 0 Å². The first kappa shape index (κ1) is 18.0. The summed E-state index contributed by atoms with van der Waals surface area (Å²) in [4.78, 5) is 0. The van der Waals surface area contributed by atoms with Gasteiger partial charge in [0.2, 0.25) is 0 Å². The number of halogens is 1. The minimum absolute atomic E-state index is 0.110. The van der Waals surface area contributed by atoms with E-state index in [2.05, 4.69) is 18.9 Å². The van der Waals surface area contributed by atoms with Crippen molar-refractivity contribution >= 4 is 17.3 Å². The lowest BCUT2D eigenvalue weighted by atomic mass is 9.95. The molecule has 142 valence electrons. The molecule has 0 aliphatic carbocycles. The molecule has 0 amide bonds. The quantitative estimate of drug-likeness (QED) is 0.750. The van der Waals surface area contributed by atoms with Gasteiger partial charge < -0.3 is 14.2 Å². The maximum absolute atomic E-state index is 6.25. The first-order chi connectivity index (χ1) is 13.0. The van der Waals surface area contributed by atoms with Gasteiger partial charge >= 0.3 is 0 Å². The molecule has 0 spiro atoms. The van der Waals surface area contributed by atoms with Crippen LogP contribution in [0, 0.1) is 5.92 Å². The van der Waals surface area contributed by atoms with Crippen LogP contribution in [0.15, 0.2) is 41.5 Å². The van der Waals surface area contributed by atoms with Crippen molar-refractivity contribution in [3.05, 3.63) is 52.5 Å². The van der Waals surface area contributed by atoms with E-state index in [1.165, 1.54) is 0 Å². The summed E-state index contributed by atoms with van der Waals surface area (Å²) >= 11 is 6.25. The normalized spacial score (nSPS) is 20.7. The predicted octanol–water partition coefficient (Wildman–Crippen LogP) is 4.88. The number of ether oxygens (including phenoxy) is 3. The molecule has 0 aromatic heterocycles. The van der Waals surface area contributed by atoms with E-state index in [0.717, 1.165) is 29.0 Å². The maximum atomic E-state index is 6.25. The molecule has 2 aromatic rings. The van der Waals surface area contributed by atoms with Crippen molar-refractivity contribution in [1.29, 1.82) is 0 Å². The molecule has 0 radical (unpaired) electrons. The Morgan fingerprint density at radius 2 is 1.89 bits per heavy atom. The minimum Gasteiger partial charge on any atom is -0.493 e. The van der Waals surface area contributed by atoms with Gasteiger partial charge in [0.25, 0.3) is 0 Å². The molecule has 27 heavy (non-hydrogen) atoms. The Balaban J connectivity index is 1.74. The van der Waals surface area contributed by atoms with Crippen molar-refractivity contribution in [1.82, 2.24) is 5.01 Å². The molecule has 2 atom stereocenters. The van der Waals surface area contributed by atoms with Crippen molar-refractivity contribution in [2.45, 2.75) is 32.5 Å². The fourth-order valence-electron chi connectivity index (χ4n) is 3.72. The van der Waals surface area contributed by atoms with Gasteiger partial charge in [-0.15, -0.1) is 0 Å². The Morgan fingerprint density at radius 1 is 1.11 bits per heavy atom. The lowest BCUT2D eigenvalue weighted by Gasteiger charge is -2.40. The van der Waals surface area contributed by atoms with Crippen molar-refractivity contribution in [3.8, 4) is 17.2 Å². The van der Waals surface area contributed by atoms with Crippen LogP contribution < -0.4 is 14.2 Å². The van der Waals surface area contributed by atoms with Crippen LogP contribution in [-0.4, -0.2) is 31.2 Å². The van der Waals surface area contributed by atoms with Crippen LogP contribution in [0.4, 0.5) is 0 Å². The zero-order chi connectivity index (χ0) is 19.1. The second kappa shape index (κ2) is 6.97. The molecule has 2 aliphatic rings. The lowest BCUT2D eigenvalue weighted by Crippen LogP contribution is -2.43. The zero-order valence-corrected chi connectivity index (χ0v) is 16.7. The first-order valence-electron chi connectivity index (χ1n) is 9.06. The van der Waals surface area contributed by atoms with Crippen LogP contribution in [0.2, 0.25) is 5.02 Å². The zero-order valence-electron chi connectivity index (χ0n) is 15.9. The second-order valence-corrected chi connectivity index (χ2v) is 7.59. The SMILES string of the molecule is COc1ccc(C2=NN3[C@H](C2)c2cc(Cl)ccc2O[C@H]3C(C)C)cc1OC. The summed E-state index contributed by atoms with van der Waals surface area (Å²) in [7, 11) is 3.28. The molecule has 0 bridgehead atoms. The van der Waals surface area contributed by atoms with E-state index in [0.29, 0.717) is 22.4 Å². The van der Waals surface area contributed by atoms with E-state index >= 15 is 0 Å². The summed E-state index contributed by atoms with van der Waals surface area (Å²) < 4.78 is 17.0. The largest absolute Gasteiger partial charge is 0.493 e. The van der Waals surface area contributed by atoms with Gasteiger partial charge in [0.1, 0.15) is 5.75 Å². The van der Waals surface area contributed by atoms with Crippen molar-refractivity contribution < 1.29 is 14.2 Å². The fourth-order valence-corrected chi connectivity index (χ4v) is 3.90. The second-order valence-electron chi connectivity index (χ2n) is 7.15. The van der Waals surface area contributed by atoms with Gasteiger partial charge in [-0.2, -0.15) is 5.10 Å². The van der Waals surface area contributed by atoms with Crippen LogP contribution in [-0.2, 0) is 0 Å². The average molecular weight is 387 g/mol. The van der Waals surface area contributed by atoms with Crippen LogP contribution in [0.1, 0.15) is 37.4 Å². The van der Waals surface area contributed by atoms with E-state index in [1.54, 1.807) is 14.2 Å². The molecule has 0 N–H and O–H groups in total. The van der Waals surface area contributed by atoms with Crippen molar-refractivity contribution in [3.63, 3.8) is 0 Å². The minimum atomic E-state index is -0.110. The average Bonchev–Trinajstić information content (AvgIpc) is 3.12. The highest BCUT2D eigenvalue weighted by Gasteiger charge is 2.41. The van der Waals surface area contributed by atoms with Gasteiger partial charge in [0.05, 0.1) is 26.0 Å². The highest BCUT2D eigenvalue weighted by molar-refractivity contribution is 6.30. The number of hydrazone groups is 1. The number of hydrogen-bond donors (Lipinski definition) is 0. The summed E-state index contributed by atoms with van der Waals surface area (Å²) in [6.07, 6.45) is 0.677. The van der Waals surface area contributed by atoms with Crippen LogP contribution in [0.3, 0.4) is 0 Å². The molecular formula is C21H23ClN2O3. The number of fused-ring (bicyclic) bond motifs is 3. The Hall–Kier alpha value is -2.40. The summed E-state index contributed by atoms with van der Waals surface area (Å²) in [6, 6.07) is 11.8. The van der Waals surface area contributed by atoms with Gasteiger partial charge in [-0.1, -0.05) is 25.4 Å². The number of hydrogen-bond acceptors (Lipinski definition) is 5. The molecule has 0 saturated carbocycles. The maximum Gasteiger partial charge on any atom is 0.190 e. The predicted molar refractivity (Wildman–Crippen MR) is 106 cm³/mol. The topological polar surface area (TPSA) is 43.3 Å². The molecule has 2 aromatic carbocycles. The molecule has 2 aliphatic heterocycles. The van der Waals surface area contributed by atoms with Gasteiger partial charge in [0.15, 0.2) is 17.7 Å². The highest BCUT2D eigenvalue weighted by Crippen LogP contribution is 2.45. The third-order valence-corrected chi connectivity index (χ3v) is 5.30. The van der Waals surface area contributed by atoms with Gasteiger partial charge in [-0.25, -0.2) is 5.01 Å². The molecule has 5 nitrogen and oxygen atoms in total. The number of benzene rings is 2. The summed E-state index contributed by atoms with van der Waals surface area (Å²) in [5, 5.41) is 7.71. The van der Waals surface area contributed by atoms with Crippen LogP contribution in [0.5, 0.6) is 17.2 Å². The number of methoxy groups -OCH3 is 2. The van der Waals surface area contributed by atoms with Crippen molar-refractivity contribution in [2.75, 3.05) is 14.2 Å². The Kier molecular flexibility index (Phi) is 4.64. The first-order valence-corrected chi connectivity index (χ1v) is 9.44. The van der Waals surface area contributed by atoms with Gasteiger partial charge in [0, 0.05) is 28.5 Å².